The minimum atomic E-state index is 0.290. The van der Waals surface area contributed by atoms with Crippen LogP contribution in [0.15, 0.2) is 41.5 Å². The van der Waals surface area contributed by atoms with Gasteiger partial charge in [-0.1, -0.05) is 25.0 Å². The lowest BCUT2D eigenvalue weighted by atomic mass is 10.2. The summed E-state index contributed by atoms with van der Waals surface area (Å²) in [5.74, 6) is 2.69. The van der Waals surface area contributed by atoms with Gasteiger partial charge >= 0.3 is 0 Å². The van der Waals surface area contributed by atoms with Crippen molar-refractivity contribution in [1.29, 1.82) is 0 Å². The van der Waals surface area contributed by atoms with Gasteiger partial charge in [-0.15, -0.1) is 0 Å². The number of aromatic nitrogens is 1. The Morgan fingerprint density at radius 3 is 2.72 bits per heavy atom. The van der Waals surface area contributed by atoms with E-state index >= 15 is 0 Å². The molecule has 1 saturated heterocycles. The SMILES string of the molecule is C(=NCc1cccc2c1OCO2)c1ccc(N2CCCCCC2)nc1. The molecular weight excluding hydrogens is 314 g/mol. The Kier molecular flexibility index (Phi) is 4.81. The lowest BCUT2D eigenvalue weighted by molar-refractivity contribution is 0.173. The number of para-hydroxylation sites is 1. The van der Waals surface area contributed by atoms with E-state index in [4.69, 9.17) is 9.47 Å². The Morgan fingerprint density at radius 1 is 1.04 bits per heavy atom. The van der Waals surface area contributed by atoms with Gasteiger partial charge in [0.25, 0.3) is 0 Å². The molecule has 1 aromatic heterocycles. The number of nitrogens with zero attached hydrogens (tertiary/aromatic N) is 3. The standard InChI is InChI=1S/C20H23N3O2/c1-2-4-11-23(10-3-1)19-9-8-16(13-22-19)12-21-14-17-6-5-7-18-20(17)25-15-24-18/h5-9,12-13H,1-4,10-11,14-15H2. The van der Waals surface area contributed by atoms with E-state index in [0.29, 0.717) is 6.54 Å². The minimum absolute atomic E-state index is 0.290. The number of benzene rings is 1. The molecule has 2 aliphatic rings. The van der Waals surface area contributed by atoms with Gasteiger partial charge in [-0.05, 0) is 31.0 Å². The molecule has 4 rings (SSSR count). The van der Waals surface area contributed by atoms with E-state index in [2.05, 4.69) is 27.0 Å². The summed E-state index contributed by atoms with van der Waals surface area (Å²) in [5.41, 5.74) is 2.06. The van der Waals surface area contributed by atoms with Crippen LogP contribution >= 0.6 is 0 Å². The third-order valence-electron chi connectivity index (χ3n) is 4.68. The van der Waals surface area contributed by atoms with E-state index in [0.717, 1.165) is 41.5 Å². The Balaban J connectivity index is 1.39. The maximum absolute atomic E-state index is 5.51. The number of pyridine rings is 1. The molecule has 0 aliphatic carbocycles. The van der Waals surface area contributed by atoms with Crippen LogP contribution in [0.25, 0.3) is 0 Å². The normalized spacial score (nSPS) is 17.0. The zero-order chi connectivity index (χ0) is 16.9. The largest absolute Gasteiger partial charge is 0.454 e. The molecule has 2 aromatic rings. The molecule has 0 bridgehead atoms. The number of hydrogen-bond donors (Lipinski definition) is 0. The first-order valence-electron chi connectivity index (χ1n) is 8.98. The molecule has 130 valence electrons. The van der Waals surface area contributed by atoms with Gasteiger partial charge in [0.1, 0.15) is 5.82 Å². The second kappa shape index (κ2) is 7.55. The van der Waals surface area contributed by atoms with Crippen LogP contribution in [-0.4, -0.2) is 31.1 Å². The van der Waals surface area contributed by atoms with Crippen LogP contribution in [-0.2, 0) is 6.54 Å². The van der Waals surface area contributed by atoms with Crippen LogP contribution in [0.4, 0.5) is 5.82 Å². The molecule has 0 amide bonds. The van der Waals surface area contributed by atoms with Gasteiger partial charge in [0.05, 0.1) is 6.54 Å². The maximum atomic E-state index is 5.51. The Morgan fingerprint density at radius 2 is 1.92 bits per heavy atom. The highest BCUT2D eigenvalue weighted by Gasteiger charge is 2.16. The topological polar surface area (TPSA) is 47.0 Å². The summed E-state index contributed by atoms with van der Waals surface area (Å²) in [4.78, 5) is 11.5. The summed E-state index contributed by atoms with van der Waals surface area (Å²) in [5, 5.41) is 0. The number of ether oxygens (including phenoxy) is 2. The molecule has 0 atom stereocenters. The summed E-state index contributed by atoms with van der Waals surface area (Å²) in [6.45, 7) is 3.08. The number of fused-ring (bicyclic) bond motifs is 1. The van der Waals surface area contributed by atoms with Crippen LogP contribution in [0.5, 0.6) is 11.5 Å². The average molecular weight is 337 g/mol. The third-order valence-corrected chi connectivity index (χ3v) is 4.68. The smallest absolute Gasteiger partial charge is 0.231 e. The molecule has 1 aromatic carbocycles. The van der Waals surface area contributed by atoms with E-state index in [1.54, 1.807) is 0 Å². The van der Waals surface area contributed by atoms with Gasteiger partial charge in [-0.3, -0.25) is 4.99 Å². The first-order chi connectivity index (χ1) is 12.4. The van der Waals surface area contributed by atoms with Crippen molar-refractivity contribution in [2.45, 2.75) is 32.2 Å². The molecule has 25 heavy (non-hydrogen) atoms. The minimum Gasteiger partial charge on any atom is -0.454 e. The Labute approximate surface area is 148 Å². The van der Waals surface area contributed by atoms with Crippen LogP contribution in [0.2, 0.25) is 0 Å². The van der Waals surface area contributed by atoms with E-state index in [1.807, 2.05) is 30.6 Å². The highest BCUT2D eigenvalue weighted by Crippen LogP contribution is 2.35. The van der Waals surface area contributed by atoms with Crippen molar-refractivity contribution in [2.75, 3.05) is 24.8 Å². The van der Waals surface area contributed by atoms with Crippen molar-refractivity contribution in [3.05, 3.63) is 47.7 Å². The highest BCUT2D eigenvalue weighted by atomic mass is 16.7. The fourth-order valence-corrected chi connectivity index (χ4v) is 3.33. The van der Waals surface area contributed by atoms with Crippen molar-refractivity contribution < 1.29 is 9.47 Å². The van der Waals surface area contributed by atoms with E-state index in [-0.39, 0.29) is 6.79 Å². The molecule has 5 heteroatoms. The summed E-state index contributed by atoms with van der Waals surface area (Å²) in [6.07, 6.45) is 8.96. The first-order valence-corrected chi connectivity index (χ1v) is 8.98. The lowest BCUT2D eigenvalue weighted by Gasteiger charge is -2.21. The van der Waals surface area contributed by atoms with Crippen LogP contribution < -0.4 is 14.4 Å². The number of aliphatic imine (C=N–C) groups is 1. The molecule has 0 N–H and O–H groups in total. The molecule has 0 saturated carbocycles. The zero-order valence-electron chi connectivity index (χ0n) is 14.4. The van der Waals surface area contributed by atoms with E-state index in [1.165, 1.54) is 25.7 Å². The molecular formula is C20H23N3O2. The van der Waals surface area contributed by atoms with Crippen molar-refractivity contribution in [1.82, 2.24) is 4.98 Å². The van der Waals surface area contributed by atoms with Crippen molar-refractivity contribution in [2.24, 2.45) is 4.99 Å². The summed E-state index contributed by atoms with van der Waals surface area (Å²) >= 11 is 0. The lowest BCUT2D eigenvalue weighted by Crippen LogP contribution is -2.24. The number of anilines is 1. The van der Waals surface area contributed by atoms with Crippen molar-refractivity contribution >= 4 is 12.0 Å². The highest BCUT2D eigenvalue weighted by molar-refractivity contribution is 5.79. The second-order valence-electron chi connectivity index (χ2n) is 6.47. The quantitative estimate of drug-likeness (QED) is 0.796. The van der Waals surface area contributed by atoms with E-state index in [9.17, 15) is 0 Å². The molecule has 2 aliphatic heterocycles. The zero-order valence-corrected chi connectivity index (χ0v) is 14.4. The molecule has 0 unspecified atom stereocenters. The van der Waals surface area contributed by atoms with E-state index < -0.39 is 0 Å². The molecule has 0 radical (unpaired) electrons. The first kappa shape index (κ1) is 15.9. The Hall–Kier alpha value is -2.56. The van der Waals surface area contributed by atoms with Crippen molar-refractivity contribution in [3.63, 3.8) is 0 Å². The fourth-order valence-electron chi connectivity index (χ4n) is 3.33. The molecule has 3 heterocycles. The van der Waals surface area contributed by atoms with Gasteiger partial charge in [0.2, 0.25) is 6.79 Å². The number of hydrogen-bond acceptors (Lipinski definition) is 5. The average Bonchev–Trinajstić information content (AvgIpc) is 2.97. The summed E-state index contributed by atoms with van der Waals surface area (Å²) < 4.78 is 10.9. The summed E-state index contributed by atoms with van der Waals surface area (Å²) in [6, 6.07) is 10.1. The van der Waals surface area contributed by atoms with Crippen LogP contribution in [0.1, 0.15) is 36.8 Å². The Bertz CT molecular complexity index is 735. The summed E-state index contributed by atoms with van der Waals surface area (Å²) in [7, 11) is 0. The van der Waals surface area contributed by atoms with Gasteiger partial charge in [-0.25, -0.2) is 4.98 Å². The predicted molar refractivity (Wildman–Crippen MR) is 98.8 cm³/mol. The third kappa shape index (κ3) is 3.76. The second-order valence-corrected chi connectivity index (χ2v) is 6.47. The van der Waals surface area contributed by atoms with Crippen LogP contribution in [0, 0.1) is 0 Å². The van der Waals surface area contributed by atoms with Gasteiger partial charge < -0.3 is 14.4 Å². The molecule has 1 fully saturated rings. The molecule has 0 spiro atoms. The van der Waals surface area contributed by atoms with Gasteiger partial charge in [-0.2, -0.15) is 0 Å². The maximum Gasteiger partial charge on any atom is 0.231 e. The molecule has 5 nitrogen and oxygen atoms in total. The number of rotatable bonds is 4. The monoisotopic (exact) mass is 337 g/mol. The van der Waals surface area contributed by atoms with Crippen molar-refractivity contribution in [3.8, 4) is 11.5 Å². The predicted octanol–water partition coefficient (Wildman–Crippen LogP) is 3.81. The van der Waals surface area contributed by atoms with Crippen LogP contribution in [0.3, 0.4) is 0 Å². The van der Waals surface area contributed by atoms with Gasteiger partial charge in [0.15, 0.2) is 11.5 Å². The fraction of sp³-hybridized carbons (Fsp3) is 0.400. The van der Waals surface area contributed by atoms with Gasteiger partial charge in [0, 0.05) is 36.6 Å².